The van der Waals surface area contributed by atoms with E-state index in [1.165, 1.54) is 4.57 Å². The molecule has 0 spiro atoms. The molecule has 2 saturated heterocycles. The number of imide groups is 1. The zero-order valence-corrected chi connectivity index (χ0v) is 18.6. The summed E-state index contributed by atoms with van der Waals surface area (Å²) in [6.07, 6.45) is 7.84. The molecule has 3 heterocycles. The lowest BCUT2D eigenvalue weighted by Crippen LogP contribution is -2.43. The van der Waals surface area contributed by atoms with Crippen molar-refractivity contribution in [1.29, 1.82) is 0 Å². The molecular weight excluding hydrogens is 424 g/mol. The summed E-state index contributed by atoms with van der Waals surface area (Å²) in [5.41, 5.74) is 2.05. The van der Waals surface area contributed by atoms with Crippen molar-refractivity contribution < 1.29 is 19.1 Å². The molecule has 3 aliphatic rings. The van der Waals surface area contributed by atoms with Crippen LogP contribution in [0, 0.1) is 5.92 Å². The number of ether oxygens (including phenoxy) is 1. The second-order valence-corrected chi connectivity index (χ2v) is 9.46. The summed E-state index contributed by atoms with van der Waals surface area (Å²) < 4.78 is 7.79. The fourth-order valence-electron chi connectivity index (χ4n) is 5.44. The summed E-state index contributed by atoms with van der Waals surface area (Å²) in [5.74, 6) is -0.523. The van der Waals surface area contributed by atoms with Gasteiger partial charge in [0.15, 0.2) is 0 Å². The van der Waals surface area contributed by atoms with Gasteiger partial charge in [-0.1, -0.05) is 0 Å². The van der Waals surface area contributed by atoms with Crippen LogP contribution in [-0.2, 0) is 19.1 Å². The van der Waals surface area contributed by atoms with Crippen molar-refractivity contribution in [3.05, 3.63) is 28.7 Å². The van der Waals surface area contributed by atoms with Gasteiger partial charge in [-0.05, 0) is 63.1 Å². The van der Waals surface area contributed by atoms with Crippen LogP contribution in [0.25, 0.3) is 11.0 Å². The molecule has 9 heteroatoms. The number of nitrogens with zero attached hydrogens (tertiary/aromatic N) is 2. The molecule has 2 amide bonds. The number of nitrogens with one attached hydrogen (secondary N) is 2. The minimum atomic E-state index is -0.677. The van der Waals surface area contributed by atoms with Crippen LogP contribution in [0.5, 0.6) is 0 Å². The first-order valence-corrected chi connectivity index (χ1v) is 12.0. The van der Waals surface area contributed by atoms with Crippen LogP contribution in [0.2, 0.25) is 0 Å². The number of fused-ring (bicyclic) bond motifs is 1. The highest BCUT2D eigenvalue weighted by molar-refractivity contribution is 6.00. The third-order valence-corrected chi connectivity index (χ3v) is 7.33. The molecule has 1 aliphatic carbocycles. The minimum absolute atomic E-state index is 0.206. The van der Waals surface area contributed by atoms with Crippen LogP contribution >= 0.6 is 0 Å². The predicted octanol–water partition coefficient (Wildman–Crippen LogP) is 2.05. The van der Waals surface area contributed by atoms with Crippen LogP contribution < -0.4 is 15.9 Å². The molecule has 1 unspecified atom stereocenters. The van der Waals surface area contributed by atoms with Crippen molar-refractivity contribution in [2.45, 2.75) is 69.6 Å². The van der Waals surface area contributed by atoms with E-state index in [0.717, 1.165) is 63.6 Å². The van der Waals surface area contributed by atoms with Gasteiger partial charge in [0.25, 0.3) is 0 Å². The molecule has 176 valence electrons. The number of aromatic nitrogens is 2. The third-order valence-electron chi connectivity index (χ3n) is 7.33. The first-order valence-electron chi connectivity index (χ1n) is 12.0. The minimum Gasteiger partial charge on any atom is -0.375 e. The Morgan fingerprint density at radius 3 is 2.36 bits per heavy atom. The van der Waals surface area contributed by atoms with Gasteiger partial charge in [-0.2, -0.15) is 0 Å². The van der Waals surface area contributed by atoms with Crippen LogP contribution in [0.4, 0.5) is 5.69 Å². The number of piperidine rings is 2. The van der Waals surface area contributed by atoms with Crippen molar-refractivity contribution in [3.8, 4) is 0 Å². The fraction of sp³-hybridized carbons (Fsp3) is 0.583. The highest BCUT2D eigenvalue weighted by Crippen LogP contribution is 2.30. The topological polar surface area (TPSA) is 114 Å². The first kappa shape index (κ1) is 21.9. The van der Waals surface area contributed by atoms with Crippen molar-refractivity contribution in [2.75, 3.05) is 18.0 Å². The molecule has 1 aromatic carbocycles. The molecule has 1 atom stereocenters. The molecule has 2 N–H and O–H groups in total. The number of hydrogen-bond donors (Lipinski definition) is 2. The summed E-state index contributed by atoms with van der Waals surface area (Å²) in [6, 6.07) is 5.14. The fourth-order valence-corrected chi connectivity index (χ4v) is 5.44. The molecule has 0 radical (unpaired) electrons. The van der Waals surface area contributed by atoms with E-state index in [1.807, 2.05) is 18.2 Å². The second kappa shape index (κ2) is 9.13. The number of hydrogen-bond acceptors (Lipinski definition) is 6. The summed E-state index contributed by atoms with van der Waals surface area (Å²) in [7, 11) is 0. The largest absolute Gasteiger partial charge is 0.375 e. The van der Waals surface area contributed by atoms with Gasteiger partial charge < -0.3 is 19.4 Å². The molecule has 1 saturated carbocycles. The maximum Gasteiger partial charge on any atom is 0.327 e. The van der Waals surface area contributed by atoms with E-state index < -0.39 is 11.9 Å². The van der Waals surface area contributed by atoms with Gasteiger partial charge in [0.2, 0.25) is 11.8 Å². The van der Waals surface area contributed by atoms with Crippen molar-refractivity contribution >= 4 is 34.8 Å². The molecule has 1 aromatic heterocycles. The number of benzene rings is 1. The van der Waals surface area contributed by atoms with Crippen molar-refractivity contribution in [1.82, 2.24) is 14.9 Å². The molecule has 0 bridgehead atoms. The molecular formula is C24H30N4O5. The van der Waals surface area contributed by atoms with Gasteiger partial charge in [-0.25, -0.2) is 4.79 Å². The molecule has 9 nitrogen and oxygen atoms in total. The average Bonchev–Trinajstić information content (AvgIpc) is 3.15. The number of carbonyl (C=O) groups excluding carboxylic acids is 3. The van der Waals surface area contributed by atoms with Crippen molar-refractivity contribution in [3.63, 3.8) is 0 Å². The monoisotopic (exact) mass is 454 g/mol. The maximum atomic E-state index is 12.6. The predicted molar refractivity (Wildman–Crippen MR) is 122 cm³/mol. The normalized spacial score (nSPS) is 27.0. The Labute approximate surface area is 191 Å². The van der Waals surface area contributed by atoms with E-state index in [-0.39, 0.29) is 36.1 Å². The number of anilines is 1. The van der Waals surface area contributed by atoms with E-state index in [9.17, 15) is 19.2 Å². The lowest BCUT2D eigenvalue weighted by molar-refractivity contribution is -0.135. The third kappa shape index (κ3) is 4.46. The molecule has 2 aromatic rings. The Kier molecular flexibility index (Phi) is 6.05. The molecule has 5 rings (SSSR count). The lowest BCUT2D eigenvalue weighted by atomic mass is 9.88. The number of H-pyrrole nitrogens is 1. The Hall–Kier alpha value is -2.94. The number of amides is 2. The van der Waals surface area contributed by atoms with Crippen LogP contribution in [0.1, 0.15) is 57.4 Å². The first-order chi connectivity index (χ1) is 16.0. The summed E-state index contributed by atoms with van der Waals surface area (Å²) in [6.45, 7) is 1.75. The standard InChI is InChI=1S/C24H30N4O5/c29-14-15-1-4-17(5-2-15)33-18-9-11-27(12-10-18)16-3-6-20-19(13-16)25-24(32)28(20)21-7-8-22(30)26-23(21)31/h3,6,13-15,17-18,21H,1-2,4-5,7-12H2,(H,25,32)(H,26,30,31). The van der Waals surface area contributed by atoms with E-state index in [0.29, 0.717) is 17.5 Å². The Morgan fingerprint density at radius 1 is 0.939 bits per heavy atom. The number of aromatic amines is 1. The smallest absolute Gasteiger partial charge is 0.327 e. The summed E-state index contributed by atoms with van der Waals surface area (Å²) in [5, 5.41) is 2.32. The number of imidazole rings is 1. The van der Waals surface area contributed by atoms with Gasteiger partial charge in [0.1, 0.15) is 12.3 Å². The number of rotatable bonds is 5. The zero-order valence-electron chi connectivity index (χ0n) is 18.6. The molecule has 3 fully saturated rings. The Balaban J connectivity index is 1.23. The van der Waals surface area contributed by atoms with Gasteiger partial charge in [-0.15, -0.1) is 0 Å². The van der Waals surface area contributed by atoms with E-state index in [2.05, 4.69) is 15.2 Å². The van der Waals surface area contributed by atoms with Crippen LogP contribution in [0.15, 0.2) is 23.0 Å². The highest BCUT2D eigenvalue weighted by Gasteiger charge is 2.31. The number of aldehydes is 1. The highest BCUT2D eigenvalue weighted by atomic mass is 16.5. The van der Waals surface area contributed by atoms with E-state index in [1.54, 1.807) is 0 Å². The molecule has 33 heavy (non-hydrogen) atoms. The van der Waals surface area contributed by atoms with Crippen LogP contribution in [0.3, 0.4) is 0 Å². The number of carbonyl (C=O) groups is 3. The van der Waals surface area contributed by atoms with Gasteiger partial charge >= 0.3 is 5.69 Å². The van der Waals surface area contributed by atoms with Crippen molar-refractivity contribution in [2.24, 2.45) is 5.92 Å². The van der Waals surface area contributed by atoms with E-state index >= 15 is 0 Å². The lowest BCUT2D eigenvalue weighted by Gasteiger charge is -2.36. The maximum absolute atomic E-state index is 12.6. The second-order valence-electron chi connectivity index (χ2n) is 9.46. The van der Waals surface area contributed by atoms with Gasteiger partial charge in [0, 0.05) is 31.1 Å². The quantitative estimate of drug-likeness (QED) is 0.528. The molecule has 2 aliphatic heterocycles. The van der Waals surface area contributed by atoms with Gasteiger partial charge in [0.05, 0.1) is 23.2 Å². The average molecular weight is 455 g/mol. The SMILES string of the molecule is O=CC1CCC(OC2CCN(c3ccc4c(c3)[nH]c(=O)n4C3CCC(=O)NC3=O)CC2)CC1. The van der Waals surface area contributed by atoms with E-state index in [4.69, 9.17) is 4.74 Å². The Morgan fingerprint density at radius 2 is 1.67 bits per heavy atom. The summed E-state index contributed by atoms with van der Waals surface area (Å²) >= 11 is 0. The summed E-state index contributed by atoms with van der Waals surface area (Å²) in [4.78, 5) is 52.5. The van der Waals surface area contributed by atoms with Gasteiger partial charge in [-0.3, -0.25) is 19.5 Å². The Bertz CT molecular complexity index is 1110. The van der Waals surface area contributed by atoms with Crippen LogP contribution in [-0.4, -0.2) is 52.9 Å². The zero-order chi connectivity index (χ0) is 22.9.